The van der Waals surface area contributed by atoms with Crippen LogP contribution in [0.25, 0.3) is 0 Å². The zero-order chi connectivity index (χ0) is 13.9. The second-order valence-corrected chi connectivity index (χ2v) is 7.43. The highest BCUT2D eigenvalue weighted by atomic mass is 32.2. The zero-order valence-corrected chi connectivity index (χ0v) is 12.3. The maximum absolute atomic E-state index is 12.4. The molecule has 1 aliphatic rings. The van der Waals surface area contributed by atoms with Crippen molar-refractivity contribution in [2.45, 2.75) is 41.9 Å². The van der Waals surface area contributed by atoms with Crippen molar-refractivity contribution in [3.63, 3.8) is 0 Å². The topological polar surface area (TPSA) is 79.2 Å². The van der Waals surface area contributed by atoms with Gasteiger partial charge < -0.3 is 4.74 Å². The van der Waals surface area contributed by atoms with Crippen molar-refractivity contribution in [3.8, 4) is 11.8 Å². The molecule has 1 aromatic rings. The van der Waals surface area contributed by atoms with Crippen molar-refractivity contribution < 1.29 is 13.2 Å². The number of sulfonamides is 1. The maximum Gasteiger partial charge on any atom is 0.255 e. The average Bonchev–Trinajstić information content (AvgIpc) is 2.88. The van der Waals surface area contributed by atoms with Gasteiger partial charge in [-0.25, -0.2) is 8.42 Å². The van der Waals surface area contributed by atoms with E-state index in [-0.39, 0.29) is 4.21 Å². The number of methoxy groups -OCH3 is 1. The van der Waals surface area contributed by atoms with Crippen LogP contribution in [0.15, 0.2) is 15.7 Å². The molecule has 0 radical (unpaired) electrons. The largest absolute Gasteiger partial charge is 0.494 e. The lowest BCUT2D eigenvalue weighted by molar-refractivity contribution is 0.337. The van der Waals surface area contributed by atoms with Crippen LogP contribution in [0.1, 0.15) is 32.1 Å². The Hall–Kier alpha value is -1.10. The zero-order valence-electron chi connectivity index (χ0n) is 10.7. The fourth-order valence-corrected chi connectivity index (χ4v) is 4.98. The molecule has 0 bridgehead atoms. The van der Waals surface area contributed by atoms with Crippen LogP contribution in [0.5, 0.6) is 5.75 Å². The monoisotopic (exact) mass is 300 g/mol. The summed E-state index contributed by atoms with van der Waals surface area (Å²) in [6.45, 7) is 0. The number of thiophene rings is 1. The number of hydrogen-bond acceptors (Lipinski definition) is 5. The molecular weight excluding hydrogens is 284 g/mol. The van der Waals surface area contributed by atoms with E-state index in [0.717, 1.165) is 30.6 Å². The van der Waals surface area contributed by atoms with Gasteiger partial charge in [-0.3, -0.25) is 0 Å². The Kier molecular flexibility index (Phi) is 4.13. The third kappa shape index (κ3) is 2.91. The van der Waals surface area contributed by atoms with E-state index in [9.17, 15) is 13.7 Å². The predicted molar refractivity (Wildman–Crippen MR) is 72.6 cm³/mol. The lowest BCUT2D eigenvalue weighted by atomic mass is 9.84. The molecule has 2 rings (SSSR count). The van der Waals surface area contributed by atoms with Crippen LogP contribution in [0, 0.1) is 11.3 Å². The van der Waals surface area contributed by atoms with Crippen molar-refractivity contribution >= 4 is 21.4 Å². The third-order valence-electron chi connectivity index (χ3n) is 3.31. The molecule has 0 aliphatic heterocycles. The van der Waals surface area contributed by atoms with E-state index in [0.29, 0.717) is 18.6 Å². The second kappa shape index (κ2) is 5.49. The van der Waals surface area contributed by atoms with Crippen LogP contribution >= 0.6 is 11.3 Å². The van der Waals surface area contributed by atoms with Gasteiger partial charge in [0.25, 0.3) is 10.0 Å². The van der Waals surface area contributed by atoms with Crippen LogP contribution < -0.4 is 9.46 Å². The van der Waals surface area contributed by atoms with Gasteiger partial charge in [-0.15, -0.1) is 11.3 Å². The molecule has 5 nitrogen and oxygen atoms in total. The number of hydrogen-bond donors (Lipinski definition) is 1. The molecule has 0 aromatic carbocycles. The van der Waals surface area contributed by atoms with Gasteiger partial charge in [0.05, 0.1) is 13.2 Å². The molecule has 0 atom stereocenters. The minimum atomic E-state index is -3.71. The molecule has 0 amide bonds. The van der Waals surface area contributed by atoms with Crippen LogP contribution in [0.4, 0.5) is 0 Å². The first-order chi connectivity index (χ1) is 9.03. The van der Waals surface area contributed by atoms with Gasteiger partial charge in [-0.2, -0.15) is 9.98 Å². The molecule has 104 valence electrons. The minimum Gasteiger partial charge on any atom is -0.494 e. The van der Waals surface area contributed by atoms with E-state index < -0.39 is 15.6 Å². The summed E-state index contributed by atoms with van der Waals surface area (Å²) >= 11 is 1.09. The fourth-order valence-electron chi connectivity index (χ4n) is 2.33. The number of nitrogens with one attached hydrogen (secondary N) is 1. The Morgan fingerprint density at radius 3 is 2.68 bits per heavy atom. The van der Waals surface area contributed by atoms with Crippen molar-refractivity contribution in [1.82, 2.24) is 4.72 Å². The maximum atomic E-state index is 12.4. The molecule has 1 fully saturated rings. The van der Waals surface area contributed by atoms with Crippen LogP contribution in [-0.4, -0.2) is 21.1 Å². The van der Waals surface area contributed by atoms with Crippen LogP contribution in [0.2, 0.25) is 0 Å². The van der Waals surface area contributed by atoms with Gasteiger partial charge in [0.1, 0.15) is 11.3 Å². The highest BCUT2D eigenvalue weighted by molar-refractivity contribution is 7.91. The number of nitriles is 1. The molecule has 0 unspecified atom stereocenters. The quantitative estimate of drug-likeness (QED) is 0.925. The molecule has 1 aliphatic carbocycles. The molecule has 1 aromatic heterocycles. The van der Waals surface area contributed by atoms with E-state index >= 15 is 0 Å². The van der Waals surface area contributed by atoms with Gasteiger partial charge in [0.15, 0.2) is 4.21 Å². The molecule has 1 N–H and O–H groups in total. The highest BCUT2D eigenvalue weighted by Crippen LogP contribution is 2.33. The molecule has 19 heavy (non-hydrogen) atoms. The highest BCUT2D eigenvalue weighted by Gasteiger charge is 2.38. The summed E-state index contributed by atoms with van der Waals surface area (Å²) in [5, 5.41) is 11.0. The fraction of sp³-hybridized carbons (Fsp3) is 0.583. The van der Waals surface area contributed by atoms with E-state index in [1.165, 1.54) is 7.11 Å². The lowest BCUT2D eigenvalue weighted by Gasteiger charge is -2.30. The third-order valence-corrected chi connectivity index (χ3v) is 6.29. The van der Waals surface area contributed by atoms with Crippen molar-refractivity contribution in [3.05, 3.63) is 11.4 Å². The van der Waals surface area contributed by atoms with Gasteiger partial charge in [0, 0.05) is 0 Å². The number of nitrogens with zero attached hydrogens (tertiary/aromatic N) is 1. The van der Waals surface area contributed by atoms with E-state index in [1.807, 2.05) is 0 Å². The Labute approximate surface area is 117 Å². The van der Waals surface area contributed by atoms with E-state index in [1.54, 1.807) is 11.4 Å². The summed E-state index contributed by atoms with van der Waals surface area (Å²) in [5.41, 5.74) is -0.966. The number of ether oxygens (including phenoxy) is 1. The first kappa shape index (κ1) is 14.3. The summed E-state index contributed by atoms with van der Waals surface area (Å²) in [7, 11) is -2.28. The van der Waals surface area contributed by atoms with Crippen LogP contribution in [0.3, 0.4) is 0 Å². The molecule has 7 heteroatoms. The van der Waals surface area contributed by atoms with Gasteiger partial charge in [-0.1, -0.05) is 19.3 Å². The summed E-state index contributed by atoms with van der Waals surface area (Å²) in [5.74, 6) is 0.321. The molecule has 1 saturated carbocycles. The second-order valence-electron chi connectivity index (χ2n) is 4.64. The standard InChI is InChI=1S/C12H16N2O3S2/c1-17-10-5-8-18-11(10)19(15,16)14-12(9-13)6-3-2-4-7-12/h5,8,14H,2-4,6-7H2,1H3. The molecule has 0 saturated heterocycles. The predicted octanol–water partition coefficient (Wildman–Crippen LogP) is 2.26. The van der Waals surface area contributed by atoms with Gasteiger partial charge in [0.2, 0.25) is 0 Å². The number of rotatable bonds is 4. The Morgan fingerprint density at radius 1 is 1.42 bits per heavy atom. The van der Waals surface area contributed by atoms with E-state index in [4.69, 9.17) is 4.74 Å². The first-order valence-electron chi connectivity index (χ1n) is 6.10. The first-order valence-corrected chi connectivity index (χ1v) is 8.46. The van der Waals surface area contributed by atoms with Crippen LogP contribution in [-0.2, 0) is 10.0 Å². The molecular formula is C12H16N2O3S2. The molecule has 1 heterocycles. The Morgan fingerprint density at radius 2 is 2.11 bits per heavy atom. The smallest absolute Gasteiger partial charge is 0.255 e. The van der Waals surface area contributed by atoms with Crippen molar-refractivity contribution in [2.24, 2.45) is 0 Å². The summed E-state index contributed by atoms with van der Waals surface area (Å²) < 4.78 is 32.5. The average molecular weight is 300 g/mol. The summed E-state index contributed by atoms with van der Waals surface area (Å²) in [4.78, 5) is 0. The summed E-state index contributed by atoms with van der Waals surface area (Å²) in [6, 6.07) is 3.76. The van der Waals surface area contributed by atoms with Crippen molar-refractivity contribution in [2.75, 3.05) is 7.11 Å². The van der Waals surface area contributed by atoms with Gasteiger partial charge >= 0.3 is 0 Å². The Bertz CT molecular complexity index is 580. The molecule has 0 spiro atoms. The Balaban J connectivity index is 2.28. The normalized spacial score (nSPS) is 18.7. The summed E-state index contributed by atoms with van der Waals surface area (Å²) in [6.07, 6.45) is 3.93. The van der Waals surface area contributed by atoms with Gasteiger partial charge in [-0.05, 0) is 24.3 Å². The lowest BCUT2D eigenvalue weighted by Crippen LogP contribution is -2.48. The minimum absolute atomic E-state index is 0.134. The van der Waals surface area contributed by atoms with E-state index in [2.05, 4.69) is 10.8 Å². The van der Waals surface area contributed by atoms with Crippen molar-refractivity contribution in [1.29, 1.82) is 5.26 Å². The SMILES string of the molecule is COc1ccsc1S(=O)(=O)NC1(C#N)CCCCC1.